The Kier molecular flexibility index (Phi) is 3.60. The van der Waals surface area contributed by atoms with E-state index in [-0.39, 0.29) is 5.97 Å². The van der Waals surface area contributed by atoms with Gasteiger partial charge in [0.25, 0.3) is 5.79 Å². The van der Waals surface area contributed by atoms with Crippen molar-refractivity contribution in [3.8, 4) is 5.75 Å². The molecular weight excluding hydrogens is 506 g/mol. The third-order valence-electron chi connectivity index (χ3n) is 4.15. The van der Waals surface area contributed by atoms with E-state index in [0.29, 0.717) is 24.2 Å². The molecule has 1 unspecified atom stereocenters. The molecule has 1 heterocycles. The van der Waals surface area contributed by atoms with Gasteiger partial charge in [0.1, 0.15) is 11.3 Å². The van der Waals surface area contributed by atoms with Crippen LogP contribution < -0.4 is 4.74 Å². The molecule has 0 fully saturated rings. The average molecular weight is 518 g/mol. The molecule has 0 N–H and O–H groups in total. The lowest BCUT2D eigenvalue weighted by molar-refractivity contribution is -0.161. The van der Waals surface area contributed by atoms with Gasteiger partial charge >= 0.3 is 5.97 Å². The summed E-state index contributed by atoms with van der Waals surface area (Å²) in [6.45, 7) is 0. The van der Waals surface area contributed by atoms with E-state index in [1.54, 1.807) is 0 Å². The van der Waals surface area contributed by atoms with Crippen LogP contribution in [0.5, 0.6) is 5.75 Å². The molecule has 0 saturated carbocycles. The minimum atomic E-state index is -0.855. The van der Waals surface area contributed by atoms with Gasteiger partial charge in [-0.05, 0) is 74.9 Å². The highest BCUT2D eigenvalue weighted by Gasteiger charge is 2.45. The van der Waals surface area contributed by atoms with Crippen molar-refractivity contribution in [2.75, 3.05) is 0 Å². The van der Waals surface area contributed by atoms with Gasteiger partial charge in [0, 0.05) is 13.6 Å². The molecule has 3 nitrogen and oxygen atoms in total. The van der Waals surface area contributed by atoms with Gasteiger partial charge < -0.3 is 9.47 Å². The topological polar surface area (TPSA) is 35.5 Å². The Balaban J connectivity index is 1.76. The lowest BCUT2D eigenvalue weighted by Gasteiger charge is -2.40. The smallest absolute Gasteiger partial charge is 0.346 e. The van der Waals surface area contributed by atoms with Crippen molar-refractivity contribution in [3.63, 3.8) is 0 Å². The number of carbonyl (C=O) groups is 1. The van der Waals surface area contributed by atoms with Gasteiger partial charge in [-0.25, -0.2) is 4.79 Å². The maximum absolute atomic E-state index is 12.5. The number of hydrogen-bond acceptors (Lipinski definition) is 3. The van der Waals surface area contributed by atoms with E-state index in [1.807, 2.05) is 24.3 Å². The van der Waals surface area contributed by atoms with Crippen LogP contribution >= 0.6 is 45.2 Å². The number of halogens is 2. The predicted octanol–water partition coefficient (Wildman–Crippen LogP) is 4.33. The quantitative estimate of drug-likeness (QED) is 0.385. The van der Waals surface area contributed by atoms with Crippen molar-refractivity contribution in [3.05, 3.63) is 60.2 Å². The van der Waals surface area contributed by atoms with Crippen LogP contribution in [0.25, 0.3) is 0 Å². The second-order valence-electron chi connectivity index (χ2n) is 5.61. The molecule has 1 aliphatic heterocycles. The molecule has 1 aliphatic carbocycles. The van der Waals surface area contributed by atoms with E-state index >= 15 is 0 Å². The van der Waals surface area contributed by atoms with Crippen molar-refractivity contribution in [2.45, 2.75) is 25.0 Å². The van der Waals surface area contributed by atoms with Crippen LogP contribution in [0.15, 0.2) is 36.4 Å². The predicted molar refractivity (Wildman–Crippen MR) is 99.1 cm³/mol. The number of aryl methyl sites for hydroxylation is 1. The Morgan fingerprint density at radius 2 is 1.82 bits per heavy atom. The van der Waals surface area contributed by atoms with Gasteiger partial charge in [0.2, 0.25) is 0 Å². The van der Waals surface area contributed by atoms with Crippen LogP contribution in [0.2, 0.25) is 0 Å². The van der Waals surface area contributed by atoms with E-state index in [1.165, 1.54) is 11.1 Å². The molecule has 0 aromatic heterocycles. The molecule has 0 bridgehead atoms. The van der Waals surface area contributed by atoms with E-state index in [0.717, 1.165) is 13.6 Å². The number of carbonyl (C=O) groups excluding carboxylic acids is 1. The van der Waals surface area contributed by atoms with E-state index in [4.69, 9.17) is 9.47 Å². The standard InChI is InChI=1S/C17H12I2O3/c18-12-7-13(19)15-14(8-12)21-17(22-16(15)20)6-5-10-3-1-2-4-11(10)9-17/h1-4,7-8H,5-6,9H2. The summed E-state index contributed by atoms with van der Waals surface area (Å²) in [5, 5.41) is 0. The molecule has 4 rings (SSSR count). The maximum Gasteiger partial charge on any atom is 0.346 e. The molecule has 1 spiro atoms. The number of benzene rings is 2. The molecule has 0 amide bonds. The molecule has 22 heavy (non-hydrogen) atoms. The first-order valence-corrected chi connectivity index (χ1v) is 9.20. The van der Waals surface area contributed by atoms with Crippen LogP contribution in [0, 0.1) is 7.14 Å². The molecule has 0 saturated heterocycles. The van der Waals surface area contributed by atoms with E-state index < -0.39 is 5.79 Å². The summed E-state index contributed by atoms with van der Waals surface area (Å²) in [7, 11) is 0. The van der Waals surface area contributed by atoms with Crippen LogP contribution in [0.4, 0.5) is 0 Å². The molecule has 5 heteroatoms. The molecule has 2 aromatic carbocycles. The molecule has 2 aliphatic rings. The Bertz CT molecular complexity index is 787. The van der Waals surface area contributed by atoms with Gasteiger partial charge in [-0.3, -0.25) is 0 Å². The Labute approximate surface area is 155 Å². The van der Waals surface area contributed by atoms with Gasteiger partial charge in [-0.15, -0.1) is 0 Å². The van der Waals surface area contributed by atoms with E-state index in [2.05, 4.69) is 57.3 Å². The molecular formula is C17H12I2O3. The zero-order valence-corrected chi connectivity index (χ0v) is 15.9. The van der Waals surface area contributed by atoms with Crippen LogP contribution in [0.1, 0.15) is 27.9 Å². The summed E-state index contributed by atoms with van der Waals surface area (Å²) in [5.41, 5.74) is 3.06. The summed E-state index contributed by atoms with van der Waals surface area (Å²) < 4.78 is 13.9. The molecule has 0 radical (unpaired) electrons. The van der Waals surface area contributed by atoms with Crippen LogP contribution in [-0.2, 0) is 17.6 Å². The lowest BCUT2D eigenvalue weighted by Crippen LogP contribution is -2.49. The van der Waals surface area contributed by atoms with Gasteiger partial charge in [-0.1, -0.05) is 24.3 Å². The Hall–Kier alpha value is -0.830. The average Bonchev–Trinajstić information content (AvgIpc) is 2.45. The Morgan fingerprint density at radius 1 is 1.05 bits per heavy atom. The number of rotatable bonds is 0. The van der Waals surface area contributed by atoms with Crippen molar-refractivity contribution >= 4 is 51.2 Å². The summed E-state index contributed by atoms with van der Waals surface area (Å²) in [6, 6.07) is 12.2. The van der Waals surface area contributed by atoms with Gasteiger partial charge in [0.05, 0.1) is 6.42 Å². The zero-order valence-electron chi connectivity index (χ0n) is 11.6. The third kappa shape index (κ3) is 2.42. The minimum Gasteiger partial charge on any atom is -0.451 e. The summed E-state index contributed by atoms with van der Waals surface area (Å²) >= 11 is 4.40. The summed E-state index contributed by atoms with van der Waals surface area (Å²) in [5.74, 6) is -0.486. The van der Waals surface area contributed by atoms with Crippen molar-refractivity contribution in [1.29, 1.82) is 0 Å². The number of hydrogen-bond donors (Lipinski definition) is 0. The third-order valence-corrected chi connectivity index (χ3v) is 5.62. The largest absolute Gasteiger partial charge is 0.451 e. The highest BCUT2D eigenvalue weighted by atomic mass is 127. The maximum atomic E-state index is 12.5. The highest BCUT2D eigenvalue weighted by Crippen LogP contribution is 2.41. The fraction of sp³-hybridized carbons (Fsp3) is 0.235. The lowest BCUT2D eigenvalue weighted by atomic mass is 9.86. The monoisotopic (exact) mass is 518 g/mol. The van der Waals surface area contributed by atoms with Crippen molar-refractivity contribution < 1.29 is 14.3 Å². The molecule has 112 valence electrons. The zero-order chi connectivity index (χ0) is 15.3. The second-order valence-corrected chi connectivity index (χ2v) is 8.02. The van der Waals surface area contributed by atoms with E-state index in [9.17, 15) is 4.79 Å². The normalized spacial score (nSPS) is 22.5. The number of esters is 1. The first-order valence-electron chi connectivity index (χ1n) is 7.04. The molecule has 1 atom stereocenters. The summed E-state index contributed by atoms with van der Waals surface area (Å²) in [4.78, 5) is 12.5. The minimum absolute atomic E-state index is 0.276. The fourth-order valence-corrected chi connectivity index (χ4v) is 5.13. The van der Waals surface area contributed by atoms with Gasteiger partial charge in [-0.2, -0.15) is 0 Å². The van der Waals surface area contributed by atoms with Crippen molar-refractivity contribution in [1.82, 2.24) is 0 Å². The SMILES string of the molecule is O=C1OC2(CCc3ccccc3C2)Oc2cc(I)cc(I)c21. The van der Waals surface area contributed by atoms with Gasteiger partial charge in [0.15, 0.2) is 0 Å². The second kappa shape index (κ2) is 5.36. The number of fused-ring (bicyclic) bond motifs is 2. The Morgan fingerprint density at radius 3 is 2.64 bits per heavy atom. The van der Waals surface area contributed by atoms with Crippen LogP contribution in [0.3, 0.4) is 0 Å². The fourth-order valence-electron chi connectivity index (χ4n) is 3.12. The number of ether oxygens (including phenoxy) is 2. The summed E-state index contributed by atoms with van der Waals surface area (Å²) in [6.07, 6.45) is 2.16. The molecule has 2 aromatic rings. The van der Waals surface area contributed by atoms with Crippen molar-refractivity contribution in [2.24, 2.45) is 0 Å². The van der Waals surface area contributed by atoms with Crippen LogP contribution in [-0.4, -0.2) is 11.8 Å². The highest BCUT2D eigenvalue weighted by molar-refractivity contribution is 14.1. The first kappa shape index (κ1) is 14.7. The first-order chi connectivity index (χ1) is 10.6.